The van der Waals surface area contributed by atoms with Gasteiger partial charge in [-0.2, -0.15) is 0 Å². The smallest absolute Gasteiger partial charge is 0.193 e. The van der Waals surface area contributed by atoms with Gasteiger partial charge in [-0.25, -0.2) is 0 Å². The van der Waals surface area contributed by atoms with Crippen molar-refractivity contribution in [3.05, 3.63) is 35.8 Å². The molecule has 80 valence electrons. The molecule has 4 N–H and O–H groups in total. The quantitative estimate of drug-likeness (QED) is 0.448. The third kappa shape index (κ3) is 4.81. The summed E-state index contributed by atoms with van der Waals surface area (Å²) in [5, 5.41) is 19.5. The zero-order valence-electron chi connectivity index (χ0n) is 13.4. The van der Waals surface area contributed by atoms with Gasteiger partial charge < -0.3 is 10.6 Å². The van der Waals surface area contributed by atoms with Gasteiger partial charge in [-0.05, 0) is 18.9 Å². The highest BCUT2D eigenvalue weighted by molar-refractivity contribution is 5.95. The van der Waals surface area contributed by atoms with Gasteiger partial charge in [0.05, 0.1) is 11.3 Å². The first-order chi connectivity index (χ1) is 9.22. The second kappa shape index (κ2) is 5.80. The first-order valence-corrected chi connectivity index (χ1v) is 4.38. The molecule has 4 heteroatoms. The fraction of sp³-hybridized carbons (Fsp3) is 0.273. The van der Waals surface area contributed by atoms with Crippen LogP contribution in [0.15, 0.2) is 30.2 Å². The van der Waals surface area contributed by atoms with Crippen LogP contribution >= 0.6 is 0 Å². The van der Waals surface area contributed by atoms with Crippen molar-refractivity contribution in [2.75, 3.05) is 6.52 Å². The van der Waals surface area contributed by atoms with Crippen LogP contribution in [-0.4, -0.2) is 18.3 Å². The first kappa shape index (κ1) is 5.90. The van der Waals surface area contributed by atoms with Gasteiger partial charge in [-0.3, -0.25) is 10.8 Å². The molecule has 0 saturated heterocycles. The Bertz CT molecular complexity index is 546. The third-order valence-corrected chi connectivity index (χ3v) is 1.47. The highest BCUT2D eigenvalue weighted by Crippen LogP contribution is 1.97. The molecule has 0 spiro atoms. The number of hydrogen-bond acceptors (Lipinski definition) is 2. The van der Waals surface area contributed by atoms with Gasteiger partial charge >= 0.3 is 0 Å². The minimum Gasteiger partial charge on any atom is -0.356 e. The highest BCUT2D eigenvalue weighted by atomic mass is 15.1. The van der Waals surface area contributed by atoms with Gasteiger partial charge in [0, 0.05) is 7.89 Å². The van der Waals surface area contributed by atoms with Crippen molar-refractivity contribution in [3.63, 3.8) is 0 Å². The fourth-order valence-electron chi connectivity index (χ4n) is 0.896. The highest BCUT2D eigenvalue weighted by Gasteiger charge is 1.95. The van der Waals surface area contributed by atoms with E-state index in [1.165, 1.54) is 13.0 Å². The average Bonchev–Trinajstić information content (AvgIpc) is 2.30. The van der Waals surface area contributed by atoms with Crippen molar-refractivity contribution >= 4 is 11.8 Å². The lowest BCUT2D eigenvalue weighted by molar-refractivity contribution is 0.842. The second-order valence-corrected chi connectivity index (χ2v) is 2.84. The summed E-state index contributed by atoms with van der Waals surface area (Å²) >= 11 is 0. The van der Waals surface area contributed by atoms with Crippen LogP contribution in [0.5, 0.6) is 0 Å². The Labute approximate surface area is 96.8 Å². The third-order valence-electron chi connectivity index (χ3n) is 1.47. The van der Waals surface area contributed by atoms with Crippen LogP contribution in [0.3, 0.4) is 0 Å². The predicted octanol–water partition coefficient (Wildman–Crippen LogP) is 1.34. The zero-order valence-corrected chi connectivity index (χ0v) is 8.36. The summed E-state index contributed by atoms with van der Waals surface area (Å²) in [6.07, 6.45) is -0.0368. The Balaban J connectivity index is 2.81. The Hall–Kier alpha value is -1.84. The molecular formula is C11H16N4. The molecule has 0 saturated carbocycles. The summed E-state index contributed by atoms with van der Waals surface area (Å²) in [4.78, 5) is 0. The summed E-state index contributed by atoms with van der Waals surface area (Å²) in [7, 11) is 0. The zero-order chi connectivity index (χ0) is 15.4. The molecule has 0 heterocycles. The second-order valence-electron chi connectivity index (χ2n) is 2.84. The van der Waals surface area contributed by atoms with Crippen molar-refractivity contribution < 1.29 is 6.85 Å². The van der Waals surface area contributed by atoms with Crippen molar-refractivity contribution in [3.8, 4) is 0 Å². The molecule has 0 aliphatic rings. The molecule has 0 aliphatic heterocycles. The molecule has 1 atom stereocenters. The summed E-state index contributed by atoms with van der Waals surface area (Å²) in [6, 6.07) is 0.425. The van der Waals surface area contributed by atoms with E-state index in [-0.39, 0.29) is 47.9 Å². The molecule has 0 aromatic heterocycles. The van der Waals surface area contributed by atoms with Gasteiger partial charge in [0.2, 0.25) is 0 Å². The molecule has 0 aliphatic carbocycles. The van der Waals surface area contributed by atoms with Crippen LogP contribution < -0.4 is 10.6 Å². The van der Waals surface area contributed by atoms with Crippen LogP contribution in [0.1, 0.15) is 19.3 Å². The molecule has 15 heavy (non-hydrogen) atoms. The van der Waals surface area contributed by atoms with Gasteiger partial charge in [0.15, 0.2) is 5.96 Å². The minimum atomic E-state index is -0.987. The molecule has 0 amide bonds. The van der Waals surface area contributed by atoms with E-state index in [0.717, 1.165) is 0 Å². The maximum absolute atomic E-state index is 7.76. The predicted molar refractivity (Wildman–Crippen MR) is 62.4 cm³/mol. The number of rotatable bonds is 3. The number of amidine groups is 1. The van der Waals surface area contributed by atoms with Gasteiger partial charge in [0.25, 0.3) is 0 Å². The lowest BCUT2D eigenvalue weighted by Crippen LogP contribution is -2.39. The lowest BCUT2D eigenvalue weighted by atomic mass is 10.1. The Kier molecular flexibility index (Phi) is 2.28. The number of nitrogens with one attached hydrogen (secondary N) is 4. The largest absolute Gasteiger partial charge is 0.356 e. The number of hydrogen-bond donors (Lipinski definition) is 4. The summed E-state index contributed by atoms with van der Waals surface area (Å²) in [5.41, 5.74) is 0.192. The maximum atomic E-state index is 7.76. The maximum Gasteiger partial charge on any atom is 0.193 e. The summed E-state index contributed by atoms with van der Waals surface area (Å²) in [5.74, 6) is -0.150. The van der Waals surface area contributed by atoms with E-state index in [0.29, 0.717) is 0 Å². The van der Waals surface area contributed by atoms with E-state index in [2.05, 4.69) is 10.6 Å². The average molecular weight is 209 g/mol. The SMILES string of the molecule is [2H]c1cc([2H])c(CC([2H])NC(=N)NC(C)=N)c([2H])c1[2H]. The lowest BCUT2D eigenvalue weighted by Gasteiger charge is -2.08. The normalized spacial score (nSPS) is 16.2. The minimum absolute atomic E-state index is 0.0368. The van der Waals surface area contributed by atoms with Crippen LogP contribution in [-0.2, 0) is 6.42 Å². The molecule has 1 unspecified atom stereocenters. The van der Waals surface area contributed by atoms with Crippen molar-refractivity contribution in [1.82, 2.24) is 10.6 Å². The Morgan fingerprint density at radius 1 is 1.47 bits per heavy atom. The van der Waals surface area contributed by atoms with Crippen LogP contribution in [0.4, 0.5) is 0 Å². The van der Waals surface area contributed by atoms with Gasteiger partial charge in [-0.1, -0.05) is 30.2 Å². The first-order valence-electron chi connectivity index (χ1n) is 6.96. The summed E-state index contributed by atoms with van der Waals surface area (Å²) in [6.45, 7) is 0.469. The molecule has 0 bridgehead atoms. The van der Waals surface area contributed by atoms with Crippen molar-refractivity contribution in [2.45, 2.75) is 13.3 Å². The topological polar surface area (TPSA) is 71.8 Å². The summed E-state index contributed by atoms with van der Waals surface area (Å²) < 4.78 is 38.1. The van der Waals surface area contributed by atoms with Crippen LogP contribution in [0, 0.1) is 10.8 Å². The standard InChI is InChI=1S/C11H16N4/c1-9(12)15-11(13)14-8-7-10-5-3-2-4-6-10/h2-6H,7-8H2,1H3,(H4,12,13,14,15)/i2D,3D,5D,6D,8D. The number of benzene rings is 1. The monoisotopic (exact) mass is 209 g/mol. The molecule has 1 aromatic carbocycles. The van der Waals surface area contributed by atoms with Gasteiger partial charge in [-0.15, -0.1) is 0 Å². The van der Waals surface area contributed by atoms with E-state index in [1.54, 1.807) is 0 Å². The Morgan fingerprint density at radius 2 is 2.27 bits per heavy atom. The molecular weight excluding hydrogens is 188 g/mol. The van der Waals surface area contributed by atoms with E-state index in [9.17, 15) is 0 Å². The fourth-order valence-corrected chi connectivity index (χ4v) is 0.896. The molecule has 1 rings (SSSR count). The van der Waals surface area contributed by atoms with Crippen molar-refractivity contribution in [2.24, 2.45) is 0 Å². The van der Waals surface area contributed by atoms with E-state index in [1.807, 2.05) is 0 Å². The molecule has 0 radical (unpaired) electrons. The van der Waals surface area contributed by atoms with E-state index < -0.39 is 6.52 Å². The van der Waals surface area contributed by atoms with E-state index >= 15 is 0 Å². The van der Waals surface area contributed by atoms with E-state index in [4.69, 9.17) is 17.7 Å². The van der Waals surface area contributed by atoms with Gasteiger partial charge in [0.1, 0.15) is 0 Å². The molecule has 0 fully saturated rings. The van der Waals surface area contributed by atoms with Crippen LogP contribution in [0.25, 0.3) is 0 Å². The molecule has 4 nitrogen and oxygen atoms in total. The Morgan fingerprint density at radius 3 is 3.00 bits per heavy atom. The molecule has 1 aromatic rings. The van der Waals surface area contributed by atoms with Crippen molar-refractivity contribution in [1.29, 1.82) is 10.8 Å². The van der Waals surface area contributed by atoms with Crippen LogP contribution in [0.2, 0.25) is 0 Å². The number of guanidine groups is 1.